The van der Waals surface area contributed by atoms with Crippen LogP contribution in [0.4, 0.5) is 4.39 Å². The van der Waals surface area contributed by atoms with Crippen molar-refractivity contribution >= 4 is 5.91 Å². The van der Waals surface area contributed by atoms with Gasteiger partial charge < -0.3 is 5.32 Å². The molecule has 1 N–H and O–H groups in total. The fraction of sp³-hybridized carbons (Fsp3) is 0.435. The highest BCUT2D eigenvalue weighted by atomic mass is 19.1. The molecule has 2 atom stereocenters. The fourth-order valence-corrected chi connectivity index (χ4v) is 4.09. The highest BCUT2D eigenvalue weighted by molar-refractivity contribution is 5.79. The summed E-state index contributed by atoms with van der Waals surface area (Å²) in [7, 11) is 0. The molecule has 4 rings (SSSR count). The molecule has 2 fully saturated rings. The Balaban J connectivity index is 1.54. The molecular formula is C23H27FN2O. The van der Waals surface area contributed by atoms with Gasteiger partial charge in [0.25, 0.3) is 0 Å². The van der Waals surface area contributed by atoms with E-state index in [0.717, 1.165) is 25.8 Å². The summed E-state index contributed by atoms with van der Waals surface area (Å²) in [5.74, 6) is 0.236. The van der Waals surface area contributed by atoms with Crippen molar-refractivity contribution < 1.29 is 9.18 Å². The van der Waals surface area contributed by atoms with E-state index in [1.165, 1.54) is 17.2 Å². The summed E-state index contributed by atoms with van der Waals surface area (Å²) in [4.78, 5) is 15.0. The average molecular weight is 366 g/mol. The van der Waals surface area contributed by atoms with Crippen molar-refractivity contribution in [2.45, 2.75) is 44.7 Å². The smallest absolute Gasteiger partial charge is 0.224 e. The number of halogens is 1. The first kappa shape index (κ1) is 18.2. The zero-order chi connectivity index (χ0) is 18.8. The molecule has 0 aromatic heterocycles. The number of piperidine rings is 1. The van der Waals surface area contributed by atoms with Crippen LogP contribution >= 0.6 is 0 Å². The molecule has 1 heterocycles. The first-order valence-corrected chi connectivity index (χ1v) is 9.91. The predicted molar refractivity (Wildman–Crippen MR) is 105 cm³/mol. The zero-order valence-corrected chi connectivity index (χ0v) is 15.8. The van der Waals surface area contributed by atoms with E-state index in [1.807, 2.05) is 12.1 Å². The van der Waals surface area contributed by atoms with E-state index in [-0.39, 0.29) is 17.6 Å². The summed E-state index contributed by atoms with van der Waals surface area (Å²) in [6, 6.07) is 15.9. The van der Waals surface area contributed by atoms with Crippen LogP contribution < -0.4 is 5.32 Å². The van der Waals surface area contributed by atoms with E-state index in [2.05, 4.69) is 41.4 Å². The van der Waals surface area contributed by atoms with Crippen molar-refractivity contribution in [3.05, 3.63) is 71.0 Å². The van der Waals surface area contributed by atoms with E-state index >= 15 is 0 Å². The topological polar surface area (TPSA) is 32.3 Å². The molecule has 1 aliphatic carbocycles. The third-order valence-electron chi connectivity index (χ3n) is 5.69. The first-order valence-electron chi connectivity index (χ1n) is 9.91. The second kappa shape index (κ2) is 7.81. The van der Waals surface area contributed by atoms with Gasteiger partial charge in [-0.2, -0.15) is 0 Å². The minimum Gasteiger partial charge on any atom is -0.353 e. The van der Waals surface area contributed by atoms with Crippen LogP contribution in [-0.2, 0) is 11.3 Å². The van der Waals surface area contributed by atoms with Gasteiger partial charge in [0.05, 0.1) is 5.92 Å². The summed E-state index contributed by atoms with van der Waals surface area (Å²) < 4.78 is 14.1. The molecule has 4 heteroatoms. The summed E-state index contributed by atoms with van der Waals surface area (Å²) >= 11 is 0. The molecule has 2 aliphatic rings. The molecular weight excluding hydrogens is 339 g/mol. The Kier molecular flexibility index (Phi) is 5.26. The van der Waals surface area contributed by atoms with E-state index < -0.39 is 0 Å². The van der Waals surface area contributed by atoms with Crippen LogP contribution in [0.1, 0.15) is 41.9 Å². The van der Waals surface area contributed by atoms with Crippen LogP contribution in [0.3, 0.4) is 0 Å². The highest BCUT2D eigenvalue weighted by Gasteiger charge is 2.35. The lowest BCUT2D eigenvalue weighted by Gasteiger charge is -2.37. The maximum Gasteiger partial charge on any atom is 0.224 e. The van der Waals surface area contributed by atoms with Crippen molar-refractivity contribution in [3.8, 4) is 0 Å². The van der Waals surface area contributed by atoms with Gasteiger partial charge in [0.1, 0.15) is 5.82 Å². The molecule has 0 spiro atoms. The van der Waals surface area contributed by atoms with Crippen molar-refractivity contribution in [1.82, 2.24) is 10.2 Å². The monoisotopic (exact) mass is 366 g/mol. The van der Waals surface area contributed by atoms with Crippen molar-refractivity contribution in [1.29, 1.82) is 0 Å². The molecule has 27 heavy (non-hydrogen) atoms. The Morgan fingerprint density at radius 2 is 1.96 bits per heavy atom. The molecule has 1 saturated carbocycles. The molecule has 2 aromatic rings. The standard InChI is InChI=1S/C23H27FN2O/c1-16-5-4-7-17(11-16)19-12-20(23(27)25-21-9-10-21)15-26(14-19)13-18-6-2-3-8-22(18)24/h2-8,11,19-21H,9-10,12-15H2,1H3,(H,25,27)/t19-,20-/m1/s1. The number of carbonyl (C=O) groups is 1. The number of hydrogen-bond donors (Lipinski definition) is 1. The Bertz CT molecular complexity index is 818. The SMILES string of the molecule is Cc1cccc([C@@H]2C[C@@H](C(=O)NC3CC3)CN(Cc3ccccc3F)C2)c1. The lowest BCUT2D eigenvalue weighted by molar-refractivity contribution is -0.127. The second-order valence-electron chi connectivity index (χ2n) is 8.11. The molecule has 2 aromatic carbocycles. The third kappa shape index (κ3) is 4.56. The van der Waals surface area contributed by atoms with Gasteiger partial charge in [0.15, 0.2) is 0 Å². The number of aryl methyl sites for hydroxylation is 1. The Morgan fingerprint density at radius 1 is 1.15 bits per heavy atom. The number of rotatable bonds is 5. The fourth-order valence-electron chi connectivity index (χ4n) is 4.09. The Morgan fingerprint density at radius 3 is 2.70 bits per heavy atom. The summed E-state index contributed by atoms with van der Waals surface area (Å²) in [6.07, 6.45) is 3.05. The van der Waals surface area contributed by atoms with Crippen molar-refractivity contribution in [2.75, 3.05) is 13.1 Å². The number of nitrogens with one attached hydrogen (secondary N) is 1. The summed E-state index contributed by atoms with van der Waals surface area (Å²) in [5, 5.41) is 3.16. The van der Waals surface area contributed by atoms with Gasteiger partial charge in [0.2, 0.25) is 5.91 Å². The van der Waals surface area contributed by atoms with Gasteiger partial charge in [0, 0.05) is 31.2 Å². The van der Waals surface area contributed by atoms with Gasteiger partial charge in [-0.25, -0.2) is 4.39 Å². The zero-order valence-electron chi connectivity index (χ0n) is 15.8. The summed E-state index contributed by atoms with van der Waals surface area (Å²) in [6.45, 7) is 4.18. The maximum absolute atomic E-state index is 14.1. The normalized spacial score (nSPS) is 23.2. The van der Waals surface area contributed by atoms with Crippen LogP contribution in [0.2, 0.25) is 0 Å². The van der Waals surface area contributed by atoms with Gasteiger partial charge >= 0.3 is 0 Å². The molecule has 142 valence electrons. The second-order valence-corrected chi connectivity index (χ2v) is 8.11. The Hall–Kier alpha value is -2.20. The molecule has 0 radical (unpaired) electrons. The van der Waals surface area contributed by atoms with E-state index in [0.29, 0.717) is 30.6 Å². The van der Waals surface area contributed by atoms with Crippen LogP contribution in [-0.4, -0.2) is 29.9 Å². The number of nitrogens with zero attached hydrogens (tertiary/aromatic N) is 1. The van der Waals surface area contributed by atoms with Gasteiger partial charge in [-0.3, -0.25) is 9.69 Å². The first-order chi connectivity index (χ1) is 13.1. The minimum atomic E-state index is -0.172. The lowest BCUT2D eigenvalue weighted by Crippen LogP contribution is -2.46. The molecule has 1 aliphatic heterocycles. The van der Waals surface area contributed by atoms with Crippen molar-refractivity contribution in [2.24, 2.45) is 5.92 Å². The average Bonchev–Trinajstić information content (AvgIpc) is 3.47. The summed E-state index contributed by atoms with van der Waals surface area (Å²) in [5.41, 5.74) is 3.21. The van der Waals surface area contributed by atoms with Crippen molar-refractivity contribution in [3.63, 3.8) is 0 Å². The van der Waals surface area contributed by atoms with Crippen LogP contribution in [0.15, 0.2) is 48.5 Å². The third-order valence-corrected chi connectivity index (χ3v) is 5.69. The van der Waals surface area contributed by atoms with Crippen LogP contribution in [0, 0.1) is 18.7 Å². The molecule has 0 bridgehead atoms. The van der Waals surface area contributed by atoms with E-state index in [9.17, 15) is 9.18 Å². The quantitative estimate of drug-likeness (QED) is 0.867. The Labute approximate surface area is 160 Å². The molecule has 0 unspecified atom stereocenters. The number of carbonyl (C=O) groups excluding carboxylic acids is 1. The molecule has 1 amide bonds. The number of amides is 1. The largest absolute Gasteiger partial charge is 0.353 e. The van der Waals surface area contributed by atoms with Crippen LogP contribution in [0.25, 0.3) is 0 Å². The maximum atomic E-state index is 14.1. The van der Waals surface area contributed by atoms with E-state index in [4.69, 9.17) is 0 Å². The number of likely N-dealkylation sites (tertiary alicyclic amines) is 1. The van der Waals surface area contributed by atoms with Gasteiger partial charge in [-0.05, 0) is 43.7 Å². The number of benzene rings is 2. The van der Waals surface area contributed by atoms with E-state index in [1.54, 1.807) is 6.07 Å². The molecule has 3 nitrogen and oxygen atoms in total. The van der Waals surface area contributed by atoms with Gasteiger partial charge in [-0.15, -0.1) is 0 Å². The van der Waals surface area contributed by atoms with Gasteiger partial charge in [-0.1, -0.05) is 48.0 Å². The number of hydrogen-bond acceptors (Lipinski definition) is 2. The minimum absolute atomic E-state index is 0.0448. The highest BCUT2D eigenvalue weighted by Crippen LogP contribution is 2.32. The lowest BCUT2D eigenvalue weighted by atomic mass is 9.83. The predicted octanol–water partition coefficient (Wildman–Crippen LogP) is 4.02. The van der Waals surface area contributed by atoms with Crippen LogP contribution in [0.5, 0.6) is 0 Å². The molecule has 1 saturated heterocycles.